The number of ether oxygens (including phenoxy) is 5. The van der Waals surface area contributed by atoms with E-state index < -0.39 is 175 Å². The molecule has 8 rings (SSSR count). The third kappa shape index (κ3) is 8.19. The topological polar surface area (TPSA) is 401 Å². The van der Waals surface area contributed by atoms with Crippen LogP contribution in [0.4, 0.5) is 0 Å². The lowest BCUT2D eigenvalue weighted by molar-refractivity contribution is -0.127. The molecule has 0 aromatic heterocycles. The van der Waals surface area contributed by atoms with Gasteiger partial charge in [0.15, 0.2) is 64.0 Å². The minimum atomic E-state index is -2.07. The molecule has 0 saturated carbocycles. The molecule has 6 aromatic rings. The number of carbonyl (C=O) groups is 3. The molecule has 0 fully saturated rings. The van der Waals surface area contributed by atoms with Crippen molar-refractivity contribution < 1.29 is 115 Å². The zero-order chi connectivity index (χ0) is 50.1. The second kappa shape index (κ2) is 17.0. The first-order valence-electron chi connectivity index (χ1n) is 19.9. The Hall–Kier alpha value is -9.67. The van der Waals surface area contributed by atoms with Gasteiger partial charge >= 0.3 is 17.9 Å². The second-order valence-corrected chi connectivity index (χ2v) is 15.7. The molecule has 69 heavy (non-hydrogen) atoms. The fourth-order valence-corrected chi connectivity index (χ4v) is 7.77. The van der Waals surface area contributed by atoms with E-state index in [1.54, 1.807) is 0 Å². The van der Waals surface area contributed by atoms with E-state index in [4.69, 9.17) is 23.7 Å². The standard InChI is InChI=1S/C46H36O23/c1-14-23(49)3-16(4-24(14)50)43(62)66-32-13-20-25(51)8-19(48)10-31(20)65-42(32)21-11-28(54)37(58)39(60)34(21)35-22(12-29(55)38(59)40(35)61)45(64)67-33-7-15-2-18(47)9-30(56)41(15)68-46(33)69-44(63)17-5-26(52)36(57)27(53)6-17/h2-6,8-12,32-33,42,46-61H,7,13H2,1H3. The summed E-state index contributed by atoms with van der Waals surface area (Å²) in [6.45, 7) is 1.35. The third-order valence-electron chi connectivity index (χ3n) is 11.2. The maximum Gasteiger partial charge on any atom is 0.341 e. The van der Waals surface area contributed by atoms with Gasteiger partial charge in [-0.3, -0.25) is 0 Å². The average Bonchev–Trinajstić information content (AvgIpc) is 3.28. The highest BCUT2D eigenvalue weighted by Gasteiger charge is 2.43. The fourth-order valence-electron chi connectivity index (χ4n) is 7.77. The number of hydrogen-bond acceptors (Lipinski definition) is 23. The Balaban J connectivity index is 1.25. The van der Waals surface area contributed by atoms with E-state index in [-0.39, 0.29) is 28.2 Å². The van der Waals surface area contributed by atoms with Crippen molar-refractivity contribution in [3.8, 4) is 109 Å². The fraction of sp³-hybridized carbons (Fsp3) is 0.152. The van der Waals surface area contributed by atoms with E-state index in [1.165, 1.54) is 6.92 Å². The number of fused-ring (bicyclic) bond motifs is 2. The number of carbonyl (C=O) groups excluding carboxylic acids is 3. The predicted octanol–water partition coefficient (Wildman–Crippen LogP) is 4.49. The normalized spacial score (nSPS) is 17.1. The number of benzene rings is 6. The van der Waals surface area contributed by atoms with E-state index in [9.17, 15) is 91.0 Å². The molecule has 23 nitrogen and oxygen atoms in total. The van der Waals surface area contributed by atoms with Gasteiger partial charge in [-0.2, -0.15) is 0 Å². The molecule has 0 amide bonds. The Bertz CT molecular complexity index is 3110. The molecule has 4 unspecified atom stereocenters. The average molecular weight is 957 g/mol. The van der Waals surface area contributed by atoms with Crippen LogP contribution in [0.3, 0.4) is 0 Å². The summed E-state index contributed by atoms with van der Waals surface area (Å²) in [5.74, 6) is -18.9. The van der Waals surface area contributed by atoms with Crippen molar-refractivity contribution in [2.75, 3.05) is 0 Å². The van der Waals surface area contributed by atoms with E-state index >= 15 is 0 Å². The summed E-state index contributed by atoms with van der Waals surface area (Å²) < 4.78 is 28.7. The monoisotopic (exact) mass is 956 g/mol. The first-order chi connectivity index (χ1) is 32.5. The number of phenolic OH excluding ortho intramolecular Hbond substituents is 15. The first-order valence-corrected chi connectivity index (χ1v) is 19.9. The van der Waals surface area contributed by atoms with Crippen molar-refractivity contribution in [1.29, 1.82) is 0 Å². The van der Waals surface area contributed by atoms with Crippen molar-refractivity contribution in [3.05, 3.63) is 99.6 Å². The molecule has 2 heterocycles. The molecule has 0 aliphatic carbocycles. The van der Waals surface area contributed by atoms with Crippen LogP contribution in [0, 0.1) is 6.92 Å². The number of rotatable bonds is 8. The van der Waals surface area contributed by atoms with Crippen LogP contribution in [-0.2, 0) is 27.1 Å². The third-order valence-corrected chi connectivity index (χ3v) is 11.2. The van der Waals surface area contributed by atoms with Gasteiger partial charge in [-0.05, 0) is 49.4 Å². The van der Waals surface area contributed by atoms with Gasteiger partial charge < -0.3 is 100 Å². The van der Waals surface area contributed by atoms with Gasteiger partial charge in [0.2, 0.25) is 11.5 Å². The van der Waals surface area contributed by atoms with Crippen LogP contribution in [0.25, 0.3) is 11.1 Å². The minimum absolute atomic E-state index is 0.00221. The number of aromatic hydroxyl groups is 15. The van der Waals surface area contributed by atoms with Crippen LogP contribution in [-0.4, -0.2) is 113 Å². The number of phenols is 15. The predicted molar refractivity (Wildman–Crippen MR) is 226 cm³/mol. The summed E-state index contributed by atoms with van der Waals surface area (Å²) in [7, 11) is 0. The van der Waals surface area contributed by atoms with Crippen LogP contribution in [0.5, 0.6) is 97.7 Å². The maximum atomic E-state index is 14.5. The molecule has 15 N–H and O–H groups in total. The van der Waals surface area contributed by atoms with Crippen LogP contribution >= 0.6 is 0 Å². The van der Waals surface area contributed by atoms with Crippen molar-refractivity contribution >= 4 is 17.9 Å². The molecule has 2 aliphatic rings. The van der Waals surface area contributed by atoms with E-state index in [0.29, 0.717) is 24.3 Å². The van der Waals surface area contributed by atoms with Crippen LogP contribution in [0.2, 0.25) is 0 Å². The maximum absolute atomic E-state index is 14.5. The van der Waals surface area contributed by atoms with Gasteiger partial charge in [-0.15, -0.1) is 0 Å². The van der Waals surface area contributed by atoms with Crippen molar-refractivity contribution in [2.24, 2.45) is 0 Å². The Morgan fingerprint density at radius 2 is 1.00 bits per heavy atom. The molecule has 6 aromatic carbocycles. The molecule has 0 radical (unpaired) electrons. The SMILES string of the molecule is Cc1c(O)cc(C(=O)OC2Cc3c(O)cc(O)cc3OC2c2cc(O)c(O)c(O)c2-c2c(C(=O)OC3Cc4cc(O)cc(O)c4OC3OC(=O)c3cc(O)c(O)c(O)c3)cc(O)c(O)c2O)cc1O. The molecular formula is C46H36O23. The number of esters is 3. The zero-order valence-corrected chi connectivity index (χ0v) is 35.0. The summed E-state index contributed by atoms with van der Waals surface area (Å²) in [6, 6.07) is 8.39. The van der Waals surface area contributed by atoms with Crippen molar-refractivity contribution in [2.45, 2.75) is 44.4 Å². The minimum Gasteiger partial charge on any atom is -0.508 e. The van der Waals surface area contributed by atoms with Gasteiger partial charge in [0.25, 0.3) is 6.29 Å². The molecule has 0 saturated heterocycles. The largest absolute Gasteiger partial charge is 0.508 e. The van der Waals surface area contributed by atoms with Gasteiger partial charge in [0.05, 0.1) is 16.7 Å². The Morgan fingerprint density at radius 1 is 0.478 bits per heavy atom. The summed E-state index contributed by atoms with van der Waals surface area (Å²) in [5.41, 5.74) is -4.61. The summed E-state index contributed by atoms with van der Waals surface area (Å²) in [6.07, 6.45) is -8.58. The number of hydrogen-bond donors (Lipinski definition) is 15. The molecule has 0 spiro atoms. The van der Waals surface area contributed by atoms with E-state index in [2.05, 4.69) is 0 Å². The highest BCUT2D eigenvalue weighted by atomic mass is 16.7. The smallest absolute Gasteiger partial charge is 0.341 e. The van der Waals surface area contributed by atoms with Crippen LogP contribution in [0.15, 0.2) is 60.7 Å². The second-order valence-electron chi connectivity index (χ2n) is 15.7. The summed E-state index contributed by atoms with van der Waals surface area (Å²) >= 11 is 0. The zero-order valence-electron chi connectivity index (χ0n) is 35.0. The molecular weight excluding hydrogens is 920 g/mol. The summed E-state index contributed by atoms with van der Waals surface area (Å²) in [5, 5.41) is 159. The molecule has 0 bridgehead atoms. The van der Waals surface area contributed by atoms with Crippen molar-refractivity contribution in [3.63, 3.8) is 0 Å². The highest BCUT2D eigenvalue weighted by molar-refractivity contribution is 6.03. The highest BCUT2D eigenvalue weighted by Crippen LogP contribution is 2.56. The quantitative estimate of drug-likeness (QED) is 0.0567. The Labute approximate surface area is 384 Å². The lowest BCUT2D eigenvalue weighted by Crippen LogP contribution is -2.43. The van der Waals surface area contributed by atoms with Gasteiger partial charge in [0.1, 0.15) is 40.6 Å². The van der Waals surface area contributed by atoms with Crippen LogP contribution < -0.4 is 9.47 Å². The Kier molecular flexibility index (Phi) is 11.3. The van der Waals surface area contributed by atoms with E-state index in [1.807, 2.05) is 0 Å². The van der Waals surface area contributed by atoms with E-state index in [0.717, 1.165) is 36.4 Å². The molecule has 358 valence electrons. The first kappa shape index (κ1) is 45.9. The molecule has 2 aliphatic heterocycles. The molecule has 4 atom stereocenters. The van der Waals surface area contributed by atoms with Gasteiger partial charge in [-0.1, -0.05) is 0 Å². The molecule has 23 heteroatoms. The Morgan fingerprint density at radius 3 is 1.64 bits per heavy atom. The van der Waals surface area contributed by atoms with Gasteiger partial charge in [-0.25, -0.2) is 14.4 Å². The lowest BCUT2D eigenvalue weighted by atomic mass is 9.86. The lowest BCUT2D eigenvalue weighted by Gasteiger charge is -2.35. The summed E-state index contributed by atoms with van der Waals surface area (Å²) in [4.78, 5) is 41.6. The van der Waals surface area contributed by atoms with Crippen molar-refractivity contribution in [1.82, 2.24) is 0 Å². The van der Waals surface area contributed by atoms with Gasteiger partial charge in [0, 0.05) is 64.4 Å². The van der Waals surface area contributed by atoms with Crippen LogP contribution in [0.1, 0.15) is 59.4 Å².